The molecule has 1 aliphatic heterocycles. The van der Waals surface area contributed by atoms with E-state index in [9.17, 15) is 32.3 Å². The van der Waals surface area contributed by atoms with Gasteiger partial charge in [-0.1, -0.05) is 55.3 Å². The minimum Gasteiger partial charge on any atom is -0.481 e. The van der Waals surface area contributed by atoms with Gasteiger partial charge in [0.05, 0.1) is 12.1 Å². The average Bonchev–Trinajstić information content (AvgIpc) is 3.00. The number of carbonyl (C=O) groups excluding carboxylic acids is 1. The van der Waals surface area contributed by atoms with Crippen LogP contribution in [-0.2, 0) is 16.0 Å². The van der Waals surface area contributed by atoms with E-state index in [1.54, 1.807) is 0 Å². The van der Waals surface area contributed by atoms with Crippen molar-refractivity contribution in [3.05, 3.63) is 59.7 Å². The Labute approximate surface area is 196 Å². The van der Waals surface area contributed by atoms with E-state index in [4.69, 9.17) is 5.11 Å². The molecule has 2 N–H and O–H groups in total. The summed E-state index contributed by atoms with van der Waals surface area (Å²) in [5, 5.41) is 18.9. The summed E-state index contributed by atoms with van der Waals surface area (Å²) in [4.78, 5) is 23.6. The van der Waals surface area contributed by atoms with Crippen molar-refractivity contribution in [3.8, 4) is 0 Å². The zero-order chi connectivity index (χ0) is 25.1. The molecule has 0 unspecified atom stereocenters. The number of aryl methyl sites for hydroxylation is 1. The predicted molar refractivity (Wildman–Crippen MR) is 120 cm³/mol. The number of aliphatic hydroxyl groups excluding tert-OH is 1. The molecule has 0 aromatic heterocycles. The molecule has 0 saturated carbocycles. The van der Waals surface area contributed by atoms with Gasteiger partial charge < -0.3 is 15.1 Å². The highest BCUT2D eigenvalue weighted by Crippen LogP contribution is 2.34. The molecule has 5 nitrogen and oxygen atoms in total. The first-order valence-corrected chi connectivity index (χ1v) is 11.5. The van der Waals surface area contributed by atoms with Gasteiger partial charge in [-0.25, -0.2) is 0 Å². The number of aliphatic hydroxyl groups is 1. The number of benzene rings is 1. The summed E-state index contributed by atoms with van der Waals surface area (Å²) in [6.07, 6.45) is 0.788. The third kappa shape index (κ3) is 8.59. The highest BCUT2D eigenvalue weighted by Gasteiger charge is 2.52. The quantitative estimate of drug-likeness (QED) is 0.212. The predicted octanol–water partition coefficient (Wildman–Crippen LogP) is 5.35. The summed E-state index contributed by atoms with van der Waals surface area (Å²) in [6.45, 7) is 0.0455. The summed E-state index contributed by atoms with van der Waals surface area (Å²) in [5.41, 5.74) is 0.518. The summed E-state index contributed by atoms with van der Waals surface area (Å²) < 4.78 is 54.9. The fraction of sp³-hybridized carbons (Fsp3) is 0.520. The minimum absolute atomic E-state index is 0.0241. The number of hydrogen-bond donors (Lipinski definition) is 2. The Hall–Kier alpha value is -2.68. The van der Waals surface area contributed by atoms with Gasteiger partial charge in [-0.3, -0.25) is 9.59 Å². The molecular weight excluding hydrogens is 454 g/mol. The van der Waals surface area contributed by atoms with Gasteiger partial charge in [0.25, 0.3) is 12.0 Å². The summed E-state index contributed by atoms with van der Waals surface area (Å²) >= 11 is 0. The van der Waals surface area contributed by atoms with Gasteiger partial charge in [-0.2, -0.15) is 17.6 Å². The fourth-order valence-corrected chi connectivity index (χ4v) is 4.00. The van der Waals surface area contributed by atoms with Crippen LogP contribution in [0.2, 0.25) is 0 Å². The molecule has 0 bridgehead atoms. The van der Waals surface area contributed by atoms with Crippen molar-refractivity contribution in [2.75, 3.05) is 6.54 Å². The Morgan fingerprint density at radius 3 is 2.41 bits per heavy atom. The lowest BCUT2D eigenvalue weighted by Gasteiger charge is -2.22. The van der Waals surface area contributed by atoms with Crippen LogP contribution < -0.4 is 0 Å². The first-order chi connectivity index (χ1) is 16.1. The van der Waals surface area contributed by atoms with Gasteiger partial charge in [0.2, 0.25) is 0 Å². The minimum atomic E-state index is -3.55. The van der Waals surface area contributed by atoms with E-state index >= 15 is 0 Å². The largest absolute Gasteiger partial charge is 0.481 e. The van der Waals surface area contributed by atoms with Crippen molar-refractivity contribution in [1.29, 1.82) is 0 Å². The number of hydrogen-bond acceptors (Lipinski definition) is 3. The summed E-state index contributed by atoms with van der Waals surface area (Å²) in [7, 11) is 0. The van der Waals surface area contributed by atoms with Crippen LogP contribution in [0.15, 0.2) is 54.1 Å². The molecule has 0 aliphatic carbocycles. The Balaban J connectivity index is 1.93. The second-order valence-corrected chi connectivity index (χ2v) is 8.49. The molecule has 1 aromatic rings. The van der Waals surface area contributed by atoms with E-state index in [1.807, 2.05) is 30.3 Å². The number of likely N-dealkylation sites (tertiary alicyclic amines) is 1. The normalized spacial score (nSPS) is 18.4. The van der Waals surface area contributed by atoms with E-state index in [0.717, 1.165) is 16.5 Å². The van der Waals surface area contributed by atoms with Gasteiger partial charge in [-0.15, -0.1) is 0 Å². The zero-order valence-corrected chi connectivity index (χ0v) is 18.9. The molecule has 1 amide bonds. The lowest BCUT2D eigenvalue weighted by atomic mass is 10.0. The molecule has 2 atom stereocenters. The molecule has 1 aliphatic rings. The molecule has 9 heteroatoms. The first kappa shape index (κ1) is 27.6. The zero-order valence-electron chi connectivity index (χ0n) is 18.9. The summed E-state index contributed by atoms with van der Waals surface area (Å²) in [5.74, 6) is -5.78. The fourth-order valence-electron chi connectivity index (χ4n) is 4.00. The first-order valence-electron chi connectivity index (χ1n) is 11.5. The van der Waals surface area contributed by atoms with E-state index in [1.165, 1.54) is 6.08 Å². The molecule has 1 saturated heterocycles. The SMILES string of the molecule is O=C(O)CCCCCCN1C(=O)C(F)(F)C[C@@H]1C=C[C@@H](O)C(CCCc1ccccc1)=C(F)F. The Morgan fingerprint density at radius 2 is 1.76 bits per heavy atom. The van der Waals surface area contributed by atoms with Gasteiger partial charge >= 0.3 is 11.9 Å². The molecule has 188 valence electrons. The third-order valence-corrected chi connectivity index (χ3v) is 5.85. The Morgan fingerprint density at radius 1 is 1.09 bits per heavy atom. The number of nitrogens with zero attached hydrogens (tertiary/aromatic N) is 1. The number of rotatable bonds is 14. The molecule has 2 rings (SSSR count). The van der Waals surface area contributed by atoms with Crippen LogP contribution in [0.25, 0.3) is 0 Å². The number of carboxylic acid groups (broad SMARTS) is 1. The monoisotopic (exact) mass is 485 g/mol. The van der Waals surface area contributed by atoms with Crippen molar-refractivity contribution < 1.29 is 37.4 Å². The molecular formula is C25H31F4NO4. The third-order valence-electron chi connectivity index (χ3n) is 5.85. The molecule has 1 heterocycles. The number of halogens is 4. The number of carbonyl (C=O) groups is 2. The van der Waals surface area contributed by atoms with Gasteiger partial charge in [0.1, 0.15) is 0 Å². The van der Waals surface area contributed by atoms with Crippen LogP contribution in [0.1, 0.15) is 56.9 Å². The van der Waals surface area contributed by atoms with Crippen molar-refractivity contribution in [2.24, 2.45) is 0 Å². The maximum atomic E-state index is 14.0. The van der Waals surface area contributed by atoms with Crippen LogP contribution in [0.3, 0.4) is 0 Å². The summed E-state index contributed by atoms with van der Waals surface area (Å²) in [6, 6.07) is 8.29. The number of aliphatic carboxylic acids is 1. The van der Waals surface area contributed by atoms with Crippen LogP contribution in [-0.4, -0.2) is 51.6 Å². The van der Waals surface area contributed by atoms with E-state index in [2.05, 4.69) is 0 Å². The topological polar surface area (TPSA) is 77.8 Å². The van der Waals surface area contributed by atoms with Gasteiger partial charge in [0.15, 0.2) is 0 Å². The molecule has 0 radical (unpaired) electrons. The van der Waals surface area contributed by atoms with Crippen molar-refractivity contribution in [1.82, 2.24) is 4.90 Å². The Kier molecular flexibility index (Phi) is 10.8. The second-order valence-electron chi connectivity index (χ2n) is 8.49. The van der Waals surface area contributed by atoms with Crippen molar-refractivity contribution in [3.63, 3.8) is 0 Å². The number of amides is 1. The van der Waals surface area contributed by atoms with Crippen molar-refractivity contribution in [2.45, 2.75) is 75.9 Å². The number of alkyl halides is 2. The van der Waals surface area contributed by atoms with E-state index in [0.29, 0.717) is 38.5 Å². The molecule has 0 spiro atoms. The van der Waals surface area contributed by atoms with Crippen LogP contribution in [0, 0.1) is 0 Å². The van der Waals surface area contributed by atoms with Crippen molar-refractivity contribution >= 4 is 11.9 Å². The van der Waals surface area contributed by atoms with E-state index in [-0.39, 0.29) is 19.4 Å². The molecule has 1 fully saturated rings. The molecule has 34 heavy (non-hydrogen) atoms. The lowest BCUT2D eigenvalue weighted by molar-refractivity contribution is -0.148. The highest BCUT2D eigenvalue weighted by atomic mass is 19.3. The van der Waals surface area contributed by atoms with E-state index < -0.39 is 48.0 Å². The Bertz CT molecular complexity index is 869. The van der Waals surface area contributed by atoms with Gasteiger partial charge in [-0.05, 0) is 37.7 Å². The molecule has 1 aromatic carbocycles. The highest BCUT2D eigenvalue weighted by molar-refractivity contribution is 5.86. The number of carboxylic acids is 1. The average molecular weight is 486 g/mol. The van der Waals surface area contributed by atoms with Crippen LogP contribution >= 0.6 is 0 Å². The smallest absolute Gasteiger partial charge is 0.327 e. The maximum Gasteiger partial charge on any atom is 0.327 e. The lowest BCUT2D eigenvalue weighted by Crippen LogP contribution is -2.36. The second kappa shape index (κ2) is 13.3. The van der Waals surface area contributed by atoms with Crippen LogP contribution in [0.5, 0.6) is 0 Å². The standard InChI is InChI=1S/C25H31F4NO4/c26-23(27)20(12-8-11-18-9-4-3-5-10-18)21(31)15-14-19-17-25(28,29)24(34)30(19)16-7-2-1-6-13-22(32)33/h3-5,9-10,14-15,19,21,31H,1-2,6-8,11-13,16-17H2,(H,32,33)/t19-,21+/m0/s1. The number of unbranched alkanes of at least 4 members (excludes halogenated alkanes) is 3. The van der Waals surface area contributed by atoms with Gasteiger partial charge in [0, 0.05) is 25.0 Å². The van der Waals surface area contributed by atoms with Crippen LogP contribution in [0.4, 0.5) is 17.6 Å². The maximum absolute atomic E-state index is 14.0.